The zero-order valence-corrected chi connectivity index (χ0v) is 72.2. The third-order valence-corrected chi connectivity index (χ3v) is 16.1. The second kappa shape index (κ2) is 65.1. The van der Waals surface area contributed by atoms with Gasteiger partial charge in [0.05, 0.1) is 74.2 Å². The van der Waals surface area contributed by atoms with Gasteiger partial charge in [0.25, 0.3) is 6.47 Å². The Morgan fingerprint density at radius 1 is 0.602 bits per heavy atom. The number of methoxy groups -OCH3 is 2. The van der Waals surface area contributed by atoms with Gasteiger partial charge in [-0.1, -0.05) is 83.3 Å². The molecule has 0 spiro atoms. The van der Waals surface area contributed by atoms with Gasteiger partial charge in [-0.25, -0.2) is 22.4 Å². The summed E-state index contributed by atoms with van der Waals surface area (Å²) in [7, 11) is 11.2. The minimum Gasteiger partial charge on any atom is -1.00 e. The molecule has 6 aromatic rings. The molecule has 10 rings (SSSR count). The number of carbonyl (C=O) groups is 7. The summed E-state index contributed by atoms with van der Waals surface area (Å²) in [5.74, 6) is -0.536. The minimum atomic E-state index is -1.67. The van der Waals surface area contributed by atoms with Crippen LogP contribution in [-0.2, 0) is 91.2 Å². The molecule has 590 valence electrons. The molecule has 12 N–H and O–H groups in total. The molecule has 28 nitrogen and oxygen atoms in total. The number of carbonyl (C=O) groups excluding carboxylic acids is 6. The Morgan fingerprint density at radius 2 is 0.954 bits per heavy atom. The number of nitrogen functional groups attached to an aromatic ring is 2. The number of carboxylic acid groups (broad SMARTS) is 1. The number of rotatable bonds is 31. The van der Waals surface area contributed by atoms with E-state index in [1.54, 1.807) is 48.5 Å². The van der Waals surface area contributed by atoms with E-state index in [1.807, 2.05) is 30.3 Å². The van der Waals surface area contributed by atoms with Crippen molar-refractivity contribution < 1.29 is 199 Å². The van der Waals surface area contributed by atoms with Crippen molar-refractivity contribution in [2.24, 2.45) is 17.8 Å². The number of hydrogen-bond acceptors (Lipinski definition) is 23. The Labute approximate surface area is 740 Å². The smallest absolute Gasteiger partial charge is 1.00 e. The number of benzene rings is 5. The molecular weight excluding hydrogens is 1640 g/mol. The molecule has 0 atom stereocenters. The molecule has 5 aromatic carbocycles. The average Bonchev–Trinajstić information content (AvgIpc) is 1.67. The molecule has 0 radical (unpaired) electrons. The molecule has 0 bridgehead atoms. The number of hydrogen-bond donors (Lipinski definition) is 10. The van der Waals surface area contributed by atoms with Crippen LogP contribution < -0.4 is 146 Å². The second-order valence-electron chi connectivity index (χ2n) is 23.4. The number of nitrogens with one attached hydrogen (secondary N) is 6. The maximum atomic E-state index is 12.8. The fourth-order valence-corrected chi connectivity index (χ4v) is 9.80. The zero-order valence-electron chi connectivity index (χ0n) is 62.5. The number of aliphatic hydroxyl groups is 1. The number of fused-ring (bicyclic) bond motifs is 1. The first-order chi connectivity index (χ1) is 51.1. The van der Waals surface area contributed by atoms with Gasteiger partial charge in [0.1, 0.15) is 43.1 Å². The number of aromatic nitrogens is 2. The van der Waals surface area contributed by atoms with E-state index < -0.39 is 15.2 Å². The molecular formula is C71H99Cl2F3IK2N11O17S. The molecule has 4 aliphatic heterocycles. The number of H-pyrrole nitrogens is 1. The monoisotopic (exact) mass is 1740 g/mol. The summed E-state index contributed by atoms with van der Waals surface area (Å²) in [6, 6.07) is 33.5. The number of halogens is 6. The van der Waals surface area contributed by atoms with Crippen molar-refractivity contribution in [2.75, 3.05) is 142 Å². The Kier molecular flexibility index (Phi) is 62.4. The van der Waals surface area contributed by atoms with Crippen LogP contribution in [0.5, 0.6) is 0 Å². The van der Waals surface area contributed by atoms with Gasteiger partial charge in [0.15, 0.2) is 0 Å². The molecule has 0 aliphatic carbocycles. The van der Waals surface area contributed by atoms with E-state index in [2.05, 4.69) is 106 Å². The van der Waals surface area contributed by atoms with Gasteiger partial charge in [-0.15, -0.1) is 0 Å². The molecule has 3 amide bonds. The predicted octanol–water partition coefficient (Wildman–Crippen LogP) is -0.0418. The second-order valence-corrected chi connectivity index (χ2v) is 27.0. The number of para-hydroxylation sites is 4. The molecule has 0 unspecified atom stereocenters. The number of unbranched alkanes of at least 4 members (excludes halogenated alkanes) is 3. The number of ether oxygens (including phenoxy) is 5. The molecule has 0 saturated carbocycles. The molecule has 4 aliphatic rings. The number of aromatic amines is 1. The van der Waals surface area contributed by atoms with Gasteiger partial charge in [-0.05, 0) is 133 Å². The number of imidazole rings is 1. The van der Waals surface area contributed by atoms with Crippen molar-refractivity contribution in [3.05, 3.63) is 161 Å². The Morgan fingerprint density at radius 3 is 1.26 bits per heavy atom. The molecule has 4 fully saturated rings. The zero-order chi connectivity index (χ0) is 78.3. The summed E-state index contributed by atoms with van der Waals surface area (Å²) in [4.78, 5) is 90.5. The van der Waals surface area contributed by atoms with Crippen LogP contribution >= 0.6 is 44.0 Å². The average molecular weight is 1740 g/mol. The van der Waals surface area contributed by atoms with E-state index in [0.29, 0.717) is 63.2 Å². The van der Waals surface area contributed by atoms with Crippen molar-refractivity contribution in [3.8, 4) is 0 Å². The van der Waals surface area contributed by atoms with Crippen molar-refractivity contribution in [3.63, 3.8) is 0 Å². The van der Waals surface area contributed by atoms with E-state index in [1.165, 1.54) is 50.6 Å². The van der Waals surface area contributed by atoms with E-state index in [9.17, 15) is 41.9 Å². The fourth-order valence-electron chi connectivity index (χ4n) is 9.26. The van der Waals surface area contributed by atoms with E-state index >= 15 is 0 Å². The van der Waals surface area contributed by atoms with E-state index in [-0.39, 0.29) is 202 Å². The fraction of sp³-hybridized carbons (Fsp3) is 0.465. The third kappa shape index (κ3) is 49.2. The summed E-state index contributed by atoms with van der Waals surface area (Å²) >= 11 is 2.31. The number of alkyl halides is 1. The summed E-state index contributed by atoms with van der Waals surface area (Å²) in [6.45, 7) is 11.1. The summed E-state index contributed by atoms with van der Waals surface area (Å²) in [6.07, 6.45) is 5.93. The van der Waals surface area contributed by atoms with Gasteiger partial charge >= 0.3 is 121 Å². The molecule has 108 heavy (non-hydrogen) atoms. The Hall–Kier alpha value is -4.38. The predicted molar refractivity (Wildman–Crippen MR) is 405 cm³/mol. The first-order valence-electron chi connectivity index (χ1n) is 33.6. The maximum absolute atomic E-state index is 12.8. The van der Waals surface area contributed by atoms with Crippen LogP contribution in [-0.4, -0.2) is 207 Å². The van der Waals surface area contributed by atoms with Crippen LogP contribution in [0, 0.1) is 35.2 Å². The normalized spacial score (nSPS) is 13.3. The van der Waals surface area contributed by atoms with Crippen LogP contribution in [0.15, 0.2) is 121 Å². The van der Waals surface area contributed by atoms with E-state index in [0.717, 1.165) is 136 Å². The maximum Gasteiger partial charge on any atom is 1.00 e. The quantitative estimate of drug-likeness (QED) is 0.00261. The van der Waals surface area contributed by atoms with E-state index in [4.69, 9.17) is 54.9 Å². The Bertz CT molecular complexity index is 3410. The van der Waals surface area contributed by atoms with Crippen molar-refractivity contribution in [1.29, 1.82) is 0 Å². The van der Waals surface area contributed by atoms with Crippen molar-refractivity contribution >= 4 is 118 Å². The number of aliphatic carboxylic acids is 1. The first-order valence-corrected chi connectivity index (χ1v) is 37.9. The topological polar surface area (TPSA) is 403 Å². The number of likely N-dealkylation sites (tertiary alicyclic amines) is 2. The van der Waals surface area contributed by atoms with Crippen LogP contribution in [0.25, 0.3) is 11.0 Å². The number of nitrogens with zero attached hydrogens (tertiary/aromatic N) is 3. The number of aliphatic hydroxyl groups excluding tert-OH is 1. The number of carboxylic acids is 1. The summed E-state index contributed by atoms with van der Waals surface area (Å²) < 4.78 is 73.5. The van der Waals surface area contributed by atoms with Gasteiger partial charge in [0.2, 0.25) is 26.9 Å². The SMILES string of the molecule is CO.COC(=O)C1CN(CCCCNC(=O)COCc2ccc(F)cc2)C1.COC(=O)C1CNC1.Nc1ccccc1N.O=C(COCc1ccc(F)cc1)NCCCCI.O=C(COCc1ccc(F)cc1)NCCCCN1CC(c2nc3ccccc3[nH]2)C1.O=C(O)C1CNC1.O=CO[O-].O=S(Cl)Cl.[H-].[K+].[K+]. The van der Waals surface area contributed by atoms with Crippen LogP contribution in [0.1, 0.15) is 68.4 Å². The standard InChI is InChI=1S/C23H27FN4O2.C18H25FN2O4.C13H17FINO2.C6H8N2.C5H9NO2.C4H7NO2.CH2O3.CH4O.Cl2OS.2K.H/c24-19-9-7-17(8-10-19)15-30-16-22(29)25-11-3-4-12-28-13-18(14-28)23-26-20-5-1-2-6-21(20)27-23;1-24-18(23)15-10-21(11-15)9-3-2-8-20-17(22)13-25-12-14-4-6-16(19)7-5-14;14-12-5-3-11(4-6-12)9-18-10-13(17)16-8-2-1-7-15;7-5-3-1-2-4-6(5)8;1-8-5(7)4-2-6-3-4;6-4(7)3-1-5-2-3;2-1-4-3;1-2;1-4(2)3;;;/h1-2,5-10,18H,3-4,11-16H2,(H,25,29)(H,26,27);4-7,15H,2-3,8-13H2,1H3,(H,20,22);3-6H,1-2,7-10H2,(H,16,17);1-4H,7-8H2;4,6H,2-3H2,1H3;3,5H,1-2H2,(H,6,7);1,3H;2H,1H3;;;;/q;;;;;;;;;2*+1;-1/p-1. The van der Waals surface area contributed by atoms with Gasteiger partial charge < -0.3 is 98.3 Å². The minimum absolute atomic E-state index is 0. The Balaban J connectivity index is 0. The van der Waals surface area contributed by atoms with Gasteiger partial charge in [0, 0.05) is 106 Å². The first kappa shape index (κ1) is 104. The number of anilines is 2. The largest absolute Gasteiger partial charge is 1.00 e. The number of esters is 2. The summed E-state index contributed by atoms with van der Waals surface area (Å²) in [5.41, 5.74) is 16.7. The van der Waals surface area contributed by atoms with Gasteiger partial charge in [-0.2, -0.15) is 0 Å². The van der Waals surface area contributed by atoms with Crippen LogP contribution in [0.4, 0.5) is 24.5 Å². The molecule has 37 heteroatoms. The van der Waals surface area contributed by atoms with Crippen LogP contribution in [0.2, 0.25) is 0 Å². The third-order valence-electron chi connectivity index (χ3n) is 15.3. The van der Waals surface area contributed by atoms with Gasteiger partial charge in [-0.3, -0.25) is 33.6 Å². The van der Waals surface area contributed by atoms with Crippen molar-refractivity contribution in [2.45, 2.75) is 64.3 Å². The molecule has 1 aromatic heterocycles. The summed E-state index contributed by atoms with van der Waals surface area (Å²) in [5, 5.41) is 37.9. The molecule has 4 saturated heterocycles. The number of amides is 3. The van der Waals surface area contributed by atoms with Crippen molar-refractivity contribution in [1.82, 2.24) is 46.4 Å². The molecule has 5 heterocycles. The van der Waals surface area contributed by atoms with Crippen LogP contribution in [0.3, 0.4) is 0 Å². The number of nitrogens with two attached hydrogens (primary N) is 2.